The number of carboxylic acid groups (broad SMARTS) is 1. The Balaban J connectivity index is 4.04. The lowest BCUT2D eigenvalue weighted by molar-refractivity contribution is -0.163. The number of carboxylic acids is 1. The van der Waals surface area contributed by atoms with Gasteiger partial charge in [-0.05, 0) is 0 Å². The minimum Gasteiger partial charge on any atom is -0.480 e. The molecule has 9 heavy (non-hydrogen) atoms. The normalized spacial score (nSPS) is 15.1. The molecular weight excluding hydrogens is 160 g/mol. The molecule has 0 heterocycles. The maximum atomic E-state index is 11.2. The average molecular weight is 162 g/mol. The molecule has 0 fully saturated rings. The van der Waals surface area contributed by atoms with Crippen molar-refractivity contribution in [3.8, 4) is 0 Å². The fourth-order valence-corrected chi connectivity index (χ4v) is 0.140. The van der Waals surface area contributed by atoms with Gasteiger partial charge in [0, 0.05) is 0 Å². The van der Waals surface area contributed by atoms with Crippen LogP contribution in [0.15, 0.2) is 0 Å². The lowest BCUT2D eigenvalue weighted by Crippen LogP contribution is -2.31. The number of alkyl halides is 4. The first-order chi connectivity index (χ1) is 3.85. The van der Waals surface area contributed by atoms with Crippen LogP contribution in [0.25, 0.3) is 0 Å². The molecule has 1 N–H and O–H groups in total. The van der Waals surface area contributed by atoms with Crippen LogP contribution < -0.4 is 0 Å². The molecule has 0 amide bonds. The van der Waals surface area contributed by atoms with E-state index in [-0.39, 0.29) is 0 Å². The van der Waals surface area contributed by atoms with Gasteiger partial charge in [0.1, 0.15) is 0 Å². The molecule has 2 nitrogen and oxygen atoms in total. The van der Waals surface area contributed by atoms with E-state index < -0.39 is 17.5 Å². The molecule has 0 aliphatic carbocycles. The molecule has 0 unspecified atom stereocenters. The van der Waals surface area contributed by atoms with E-state index in [1.54, 1.807) is 0 Å². The first-order valence-corrected chi connectivity index (χ1v) is 2.23. The average Bonchev–Trinajstić information content (AvgIpc) is 1.62. The molecule has 0 radical (unpaired) electrons. The van der Waals surface area contributed by atoms with Crippen LogP contribution in [0.1, 0.15) is 0 Å². The molecular formula is C3H2ClF3O2. The summed E-state index contributed by atoms with van der Waals surface area (Å²) in [5.74, 6) is -2.08. The van der Waals surface area contributed by atoms with Crippen molar-refractivity contribution < 1.29 is 23.1 Å². The van der Waals surface area contributed by atoms with Crippen LogP contribution in [0.2, 0.25) is 0 Å². The van der Waals surface area contributed by atoms with E-state index in [2.05, 4.69) is 11.6 Å². The highest BCUT2D eigenvalue weighted by molar-refractivity contribution is 6.30. The zero-order valence-electron chi connectivity index (χ0n) is 3.94. The van der Waals surface area contributed by atoms with Crippen molar-refractivity contribution >= 4 is 17.6 Å². The predicted octanol–water partition coefficient (Wildman–Crippen LogP) is 1.24. The summed E-state index contributed by atoms with van der Waals surface area (Å²) in [5, 5.41) is 4.87. The summed E-state index contributed by atoms with van der Waals surface area (Å²) in [7, 11) is 0. The second kappa shape index (κ2) is 2.43. The largest absolute Gasteiger partial charge is 0.480 e. The van der Waals surface area contributed by atoms with E-state index in [0.717, 1.165) is 0 Å². The number of hydrogen-bond donors (Lipinski definition) is 1. The van der Waals surface area contributed by atoms with Gasteiger partial charge in [-0.15, -0.1) is 11.6 Å². The topological polar surface area (TPSA) is 37.3 Å². The molecule has 0 rings (SSSR count). The molecule has 0 bridgehead atoms. The Morgan fingerprint density at radius 3 is 1.89 bits per heavy atom. The second-order valence-corrected chi connectivity index (χ2v) is 1.68. The molecule has 0 saturated carbocycles. The number of hydrogen-bond acceptors (Lipinski definition) is 1. The molecule has 1 atom stereocenters. The summed E-state index contributed by atoms with van der Waals surface area (Å²) in [4.78, 5) is 9.49. The van der Waals surface area contributed by atoms with E-state index in [0.29, 0.717) is 0 Å². The van der Waals surface area contributed by atoms with Crippen molar-refractivity contribution in [1.82, 2.24) is 0 Å². The van der Waals surface area contributed by atoms with Crippen molar-refractivity contribution in [3.63, 3.8) is 0 Å². The Morgan fingerprint density at radius 2 is 1.89 bits per heavy atom. The predicted molar refractivity (Wildman–Crippen MR) is 23.3 cm³/mol. The van der Waals surface area contributed by atoms with Crippen LogP contribution in [0.3, 0.4) is 0 Å². The summed E-state index contributed by atoms with van der Waals surface area (Å²) in [6, 6.07) is 0. The highest BCUT2D eigenvalue weighted by Gasteiger charge is 2.43. The van der Waals surface area contributed by atoms with Gasteiger partial charge in [-0.25, -0.2) is 0 Å². The van der Waals surface area contributed by atoms with Gasteiger partial charge in [-0.3, -0.25) is 4.79 Å². The summed E-state index contributed by atoms with van der Waals surface area (Å²) in [5.41, 5.74) is 0. The maximum Gasteiger partial charge on any atom is 0.415 e. The van der Waals surface area contributed by atoms with Crippen LogP contribution in [-0.2, 0) is 4.79 Å². The van der Waals surface area contributed by atoms with Gasteiger partial charge >= 0.3 is 12.1 Å². The number of rotatable bonds is 1. The second-order valence-electron chi connectivity index (χ2n) is 1.24. The van der Waals surface area contributed by atoms with Gasteiger partial charge in [0.05, 0.1) is 0 Å². The molecule has 6 heteroatoms. The molecule has 0 aliphatic heterocycles. The van der Waals surface area contributed by atoms with Gasteiger partial charge < -0.3 is 5.11 Å². The molecule has 0 aromatic heterocycles. The number of halogens is 4. The van der Waals surface area contributed by atoms with Crippen molar-refractivity contribution in [2.45, 2.75) is 11.6 Å². The van der Waals surface area contributed by atoms with Crippen LogP contribution >= 0.6 is 11.6 Å². The highest BCUT2D eigenvalue weighted by Crippen LogP contribution is 2.24. The van der Waals surface area contributed by atoms with Gasteiger partial charge in [0.2, 0.25) is 5.38 Å². The molecule has 0 aliphatic rings. The first-order valence-electron chi connectivity index (χ1n) is 1.79. The summed E-state index contributed by atoms with van der Waals surface area (Å²) < 4.78 is 33.6. The number of aliphatic carboxylic acids is 1. The summed E-state index contributed by atoms with van der Waals surface area (Å²) >= 11 is 4.37. The minimum absolute atomic E-state index is 2.08. The molecule has 54 valence electrons. The fraction of sp³-hybridized carbons (Fsp3) is 0.667. The van der Waals surface area contributed by atoms with Crippen molar-refractivity contribution in [2.24, 2.45) is 0 Å². The molecule has 0 saturated heterocycles. The molecule has 0 aromatic rings. The Hall–Kier alpha value is -0.450. The van der Waals surface area contributed by atoms with Crippen LogP contribution in [-0.4, -0.2) is 22.6 Å². The van der Waals surface area contributed by atoms with Crippen LogP contribution in [0.5, 0.6) is 0 Å². The highest BCUT2D eigenvalue weighted by atomic mass is 35.5. The lowest BCUT2D eigenvalue weighted by atomic mass is 10.4. The third kappa shape index (κ3) is 2.55. The first kappa shape index (κ1) is 8.55. The van der Waals surface area contributed by atoms with E-state index in [4.69, 9.17) is 5.11 Å². The summed E-state index contributed by atoms with van der Waals surface area (Å²) in [6.45, 7) is 0. The van der Waals surface area contributed by atoms with Gasteiger partial charge in [0.15, 0.2) is 0 Å². The Bertz CT molecular complexity index is 121. The Morgan fingerprint density at radius 1 is 1.56 bits per heavy atom. The third-order valence-electron chi connectivity index (χ3n) is 0.504. The van der Waals surface area contributed by atoms with E-state index >= 15 is 0 Å². The van der Waals surface area contributed by atoms with E-state index in [1.807, 2.05) is 0 Å². The van der Waals surface area contributed by atoms with Crippen LogP contribution in [0, 0.1) is 0 Å². The van der Waals surface area contributed by atoms with E-state index in [1.165, 1.54) is 0 Å². The zero-order chi connectivity index (χ0) is 7.65. The van der Waals surface area contributed by atoms with Crippen molar-refractivity contribution in [2.75, 3.05) is 0 Å². The van der Waals surface area contributed by atoms with Crippen molar-refractivity contribution in [3.05, 3.63) is 0 Å². The summed E-state index contributed by atoms with van der Waals surface area (Å²) in [6.07, 6.45) is -4.85. The Kier molecular flexibility index (Phi) is 2.31. The SMILES string of the molecule is O=C(O)[C@@H](Cl)C(F)(F)F. The van der Waals surface area contributed by atoms with Crippen molar-refractivity contribution in [1.29, 1.82) is 0 Å². The van der Waals surface area contributed by atoms with Gasteiger partial charge in [0.25, 0.3) is 0 Å². The van der Waals surface area contributed by atoms with Gasteiger partial charge in [-0.1, -0.05) is 0 Å². The lowest BCUT2D eigenvalue weighted by Gasteiger charge is -2.06. The third-order valence-corrected chi connectivity index (χ3v) is 0.938. The molecule has 0 aromatic carbocycles. The quantitative estimate of drug-likeness (QED) is 0.589. The minimum atomic E-state index is -4.85. The fourth-order valence-electron chi connectivity index (χ4n) is 0.140. The number of carbonyl (C=O) groups is 1. The monoisotopic (exact) mass is 162 g/mol. The molecule has 0 spiro atoms. The smallest absolute Gasteiger partial charge is 0.415 e. The van der Waals surface area contributed by atoms with E-state index in [9.17, 15) is 18.0 Å². The Labute approximate surface area is 53.2 Å². The standard InChI is InChI=1S/C3H2ClF3O2/c4-1(2(8)9)3(5,6)7/h1H,(H,8,9)/t1-/m1/s1. The zero-order valence-corrected chi connectivity index (χ0v) is 4.70. The van der Waals surface area contributed by atoms with Gasteiger partial charge in [-0.2, -0.15) is 13.2 Å². The van der Waals surface area contributed by atoms with Crippen LogP contribution in [0.4, 0.5) is 13.2 Å². The maximum absolute atomic E-state index is 11.2.